The number of ether oxygens (including phenoxy) is 1. The SMILES string of the molecule is CC1CC(Nc2cccc3c2CCCC3)CCO1. The molecule has 3 rings (SSSR count). The average Bonchev–Trinajstić information content (AvgIpc) is 2.39. The molecule has 2 aliphatic rings. The van der Waals surface area contributed by atoms with Crippen LogP contribution in [-0.4, -0.2) is 18.8 Å². The molecule has 18 heavy (non-hydrogen) atoms. The summed E-state index contributed by atoms with van der Waals surface area (Å²) in [7, 11) is 0. The van der Waals surface area contributed by atoms with Gasteiger partial charge >= 0.3 is 0 Å². The second kappa shape index (κ2) is 5.31. The van der Waals surface area contributed by atoms with Crippen LogP contribution in [0.1, 0.15) is 43.7 Å². The maximum absolute atomic E-state index is 5.62. The van der Waals surface area contributed by atoms with Gasteiger partial charge in [-0.2, -0.15) is 0 Å². The van der Waals surface area contributed by atoms with Crippen molar-refractivity contribution in [3.05, 3.63) is 29.3 Å². The van der Waals surface area contributed by atoms with Gasteiger partial charge in [-0.15, -0.1) is 0 Å². The number of anilines is 1. The molecule has 0 bridgehead atoms. The Hall–Kier alpha value is -1.02. The molecule has 1 aromatic carbocycles. The normalized spacial score (nSPS) is 27.6. The van der Waals surface area contributed by atoms with Crippen LogP contribution in [0.15, 0.2) is 18.2 Å². The monoisotopic (exact) mass is 245 g/mol. The van der Waals surface area contributed by atoms with Crippen molar-refractivity contribution >= 4 is 5.69 Å². The van der Waals surface area contributed by atoms with Crippen molar-refractivity contribution in [2.75, 3.05) is 11.9 Å². The van der Waals surface area contributed by atoms with Crippen molar-refractivity contribution in [1.82, 2.24) is 0 Å². The zero-order chi connectivity index (χ0) is 12.4. The zero-order valence-electron chi connectivity index (χ0n) is 11.2. The summed E-state index contributed by atoms with van der Waals surface area (Å²) in [6, 6.07) is 7.34. The smallest absolute Gasteiger partial charge is 0.0566 e. The van der Waals surface area contributed by atoms with Crippen molar-refractivity contribution in [1.29, 1.82) is 0 Å². The summed E-state index contributed by atoms with van der Waals surface area (Å²) in [6.07, 6.45) is 7.86. The van der Waals surface area contributed by atoms with E-state index in [1.807, 2.05) is 0 Å². The van der Waals surface area contributed by atoms with Crippen molar-refractivity contribution in [3.8, 4) is 0 Å². The van der Waals surface area contributed by atoms with E-state index in [-0.39, 0.29) is 0 Å². The lowest BCUT2D eigenvalue weighted by Crippen LogP contribution is -2.32. The van der Waals surface area contributed by atoms with Gasteiger partial charge in [-0.25, -0.2) is 0 Å². The maximum Gasteiger partial charge on any atom is 0.0566 e. The molecule has 0 spiro atoms. The van der Waals surface area contributed by atoms with Gasteiger partial charge in [0.15, 0.2) is 0 Å². The first-order chi connectivity index (χ1) is 8.83. The highest BCUT2D eigenvalue weighted by Gasteiger charge is 2.21. The van der Waals surface area contributed by atoms with E-state index in [4.69, 9.17) is 4.74 Å². The molecular weight excluding hydrogens is 222 g/mol. The quantitative estimate of drug-likeness (QED) is 0.860. The van der Waals surface area contributed by atoms with Crippen LogP contribution in [0.3, 0.4) is 0 Å². The van der Waals surface area contributed by atoms with Crippen molar-refractivity contribution < 1.29 is 4.74 Å². The Morgan fingerprint density at radius 2 is 2.11 bits per heavy atom. The number of aryl methyl sites for hydroxylation is 1. The Kier molecular flexibility index (Phi) is 3.55. The van der Waals surface area contributed by atoms with E-state index in [9.17, 15) is 0 Å². The zero-order valence-corrected chi connectivity index (χ0v) is 11.2. The molecule has 1 aromatic rings. The van der Waals surface area contributed by atoms with Gasteiger partial charge in [-0.3, -0.25) is 0 Å². The van der Waals surface area contributed by atoms with E-state index in [1.54, 1.807) is 11.1 Å². The molecule has 1 fully saturated rings. The van der Waals surface area contributed by atoms with Gasteiger partial charge in [-0.05, 0) is 62.6 Å². The van der Waals surface area contributed by atoms with Crippen LogP contribution in [0.4, 0.5) is 5.69 Å². The third-order valence-electron chi connectivity index (χ3n) is 4.24. The molecule has 2 unspecified atom stereocenters. The first-order valence-corrected chi connectivity index (χ1v) is 7.32. The standard InChI is InChI=1S/C16H23NO/c1-12-11-14(9-10-18-12)17-16-8-4-6-13-5-2-3-7-15(13)16/h4,6,8,12,14,17H,2-3,5,7,9-11H2,1H3. The summed E-state index contributed by atoms with van der Waals surface area (Å²) in [5.74, 6) is 0. The van der Waals surface area contributed by atoms with E-state index >= 15 is 0 Å². The Bertz CT molecular complexity index is 416. The van der Waals surface area contributed by atoms with Crippen molar-refractivity contribution in [3.63, 3.8) is 0 Å². The van der Waals surface area contributed by atoms with Gasteiger partial charge in [0, 0.05) is 18.3 Å². The van der Waals surface area contributed by atoms with E-state index in [2.05, 4.69) is 30.4 Å². The Morgan fingerprint density at radius 3 is 3.00 bits per heavy atom. The molecule has 1 aliphatic carbocycles. The van der Waals surface area contributed by atoms with Gasteiger partial charge in [0.05, 0.1) is 6.10 Å². The van der Waals surface area contributed by atoms with Crippen molar-refractivity contribution in [2.24, 2.45) is 0 Å². The summed E-state index contributed by atoms with van der Waals surface area (Å²) < 4.78 is 5.62. The Balaban J connectivity index is 1.76. The van der Waals surface area contributed by atoms with Gasteiger partial charge < -0.3 is 10.1 Å². The van der Waals surface area contributed by atoms with Gasteiger partial charge in [0.1, 0.15) is 0 Å². The molecule has 98 valence electrons. The lowest BCUT2D eigenvalue weighted by molar-refractivity contribution is 0.0232. The molecular formula is C16H23NO. The van der Waals surface area contributed by atoms with Crippen LogP contribution in [0.5, 0.6) is 0 Å². The minimum Gasteiger partial charge on any atom is -0.382 e. The first-order valence-electron chi connectivity index (χ1n) is 7.32. The molecule has 0 aromatic heterocycles. The highest BCUT2D eigenvalue weighted by Crippen LogP contribution is 2.29. The second-order valence-corrected chi connectivity index (χ2v) is 5.70. The molecule has 1 saturated heterocycles. The Labute approximate surface area is 110 Å². The second-order valence-electron chi connectivity index (χ2n) is 5.70. The van der Waals surface area contributed by atoms with E-state index in [1.165, 1.54) is 31.4 Å². The molecule has 1 aliphatic heterocycles. The average molecular weight is 245 g/mol. The number of hydrogen-bond donors (Lipinski definition) is 1. The predicted molar refractivity (Wildman–Crippen MR) is 75.1 cm³/mol. The summed E-state index contributed by atoms with van der Waals surface area (Å²) in [4.78, 5) is 0. The fourth-order valence-corrected chi connectivity index (χ4v) is 3.27. The van der Waals surface area contributed by atoms with Crippen LogP contribution in [0.25, 0.3) is 0 Å². The summed E-state index contributed by atoms with van der Waals surface area (Å²) in [5.41, 5.74) is 4.51. The Morgan fingerprint density at radius 1 is 1.22 bits per heavy atom. The van der Waals surface area contributed by atoms with E-state index in [0.717, 1.165) is 19.4 Å². The molecule has 0 saturated carbocycles. The molecule has 1 N–H and O–H groups in total. The first kappa shape index (κ1) is 12.0. The number of rotatable bonds is 2. The highest BCUT2D eigenvalue weighted by molar-refractivity contribution is 5.56. The highest BCUT2D eigenvalue weighted by atomic mass is 16.5. The van der Waals surface area contributed by atoms with Crippen molar-refractivity contribution in [2.45, 2.75) is 57.6 Å². The lowest BCUT2D eigenvalue weighted by Gasteiger charge is -2.30. The number of hydrogen-bond acceptors (Lipinski definition) is 2. The number of benzene rings is 1. The number of fused-ring (bicyclic) bond motifs is 1. The van der Waals surface area contributed by atoms with Gasteiger partial charge in [0.25, 0.3) is 0 Å². The minimum absolute atomic E-state index is 0.399. The third kappa shape index (κ3) is 2.54. The fraction of sp³-hybridized carbons (Fsp3) is 0.625. The maximum atomic E-state index is 5.62. The molecule has 2 nitrogen and oxygen atoms in total. The summed E-state index contributed by atoms with van der Waals surface area (Å²) in [5, 5.41) is 3.76. The molecule has 2 heteroatoms. The van der Waals surface area contributed by atoms with Crippen LogP contribution in [0, 0.1) is 0 Å². The number of nitrogens with one attached hydrogen (secondary N) is 1. The summed E-state index contributed by atoms with van der Waals surface area (Å²) in [6.45, 7) is 3.07. The van der Waals surface area contributed by atoms with E-state index < -0.39 is 0 Å². The van der Waals surface area contributed by atoms with Gasteiger partial charge in [-0.1, -0.05) is 12.1 Å². The molecule has 0 radical (unpaired) electrons. The third-order valence-corrected chi connectivity index (χ3v) is 4.24. The molecule has 0 amide bonds. The lowest BCUT2D eigenvalue weighted by atomic mass is 9.90. The van der Waals surface area contributed by atoms with Crippen LogP contribution in [0.2, 0.25) is 0 Å². The van der Waals surface area contributed by atoms with E-state index in [0.29, 0.717) is 12.1 Å². The van der Waals surface area contributed by atoms with Crippen LogP contribution >= 0.6 is 0 Å². The van der Waals surface area contributed by atoms with Crippen LogP contribution < -0.4 is 5.32 Å². The predicted octanol–water partition coefficient (Wildman–Crippen LogP) is 3.54. The summed E-state index contributed by atoms with van der Waals surface area (Å²) >= 11 is 0. The topological polar surface area (TPSA) is 21.3 Å². The largest absolute Gasteiger partial charge is 0.382 e. The minimum atomic E-state index is 0.399. The molecule has 1 heterocycles. The van der Waals surface area contributed by atoms with Crippen LogP contribution in [-0.2, 0) is 17.6 Å². The van der Waals surface area contributed by atoms with Gasteiger partial charge in [0.2, 0.25) is 0 Å². The molecule has 2 atom stereocenters. The fourth-order valence-electron chi connectivity index (χ4n) is 3.27.